The Morgan fingerprint density at radius 1 is 1.12 bits per heavy atom. The number of amides is 1. The number of fused-ring (bicyclic) bond motifs is 1. The Bertz CT molecular complexity index is 895. The first-order chi connectivity index (χ1) is 12.3. The van der Waals surface area contributed by atoms with E-state index in [4.69, 9.17) is 0 Å². The summed E-state index contributed by atoms with van der Waals surface area (Å²) in [5.41, 5.74) is 4.27. The van der Waals surface area contributed by atoms with Gasteiger partial charge in [0.15, 0.2) is 0 Å². The third-order valence-electron chi connectivity index (χ3n) is 4.73. The van der Waals surface area contributed by atoms with Crippen molar-refractivity contribution in [1.29, 1.82) is 0 Å². The highest BCUT2D eigenvalue weighted by Gasteiger charge is 2.22. The second-order valence-electron chi connectivity index (χ2n) is 6.78. The summed E-state index contributed by atoms with van der Waals surface area (Å²) in [6.07, 6.45) is 4.49. The SMILES string of the molecule is C[C@H](NC(=O)CN(c1ccccc1)S(C)(=O)=O)c1ccc2c(c1)CCC2. The van der Waals surface area contributed by atoms with Crippen molar-refractivity contribution in [2.75, 3.05) is 17.1 Å². The molecule has 0 aliphatic heterocycles. The van der Waals surface area contributed by atoms with E-state index >= 15 is 0 Å². The summed E-state index contributed by atoms with van der Waals surface area (Å²) in [7, 11) is -3.55. The molecule has 0 aromatic heterocycles. The quantitative estimate of drug-likeness (QED) is 0.848. The van der Waals surface area contributed by atoms with Crippen LogP contribution in [-0.2, 0) is 27.7 Å². The van der Waals surface area contributed by atoms with Crippen LogP contribution in [0.5, 0.6) is 0 Å². The van der Waals surface area contributed by atoms with Gasteiger partial charge < -0.3 is 5.32 Å². The number of nitrogens with one attached hydrogen (secondary N) is 1. The van der Waals surface area contributed by atoms with Crippen LogP contribution < -0.4 is 9.62 Å². The number of carbonyl (C=O) groups is 1. The van der Waals surface area contributed by atoms with E-state index in [1.807, 2.05) is 13.0 Å². The summed E-state index contributed by atoms with van der Waals surface area (Å²) in [6, 6.07) is 14.8. The number of hydrogen-bond acceptors (Lipinski definition) is 3. The summed E-state index contributed by atoms with van der Waals surface area (Å²) in [6.45, 7) is 1.68. The number of anilines is 1. The lowest BCUT2D eigenvalue weighted by Crippen LogP contribution is -2.41. The predicted molar refractivity (Wildman–Crippen MR) is 104 cm³/mol. The van der Waals surface area contributed by atoms with Gasteiger partial charge in [0, 0.05) is 0 Å². The maximum Gasteiger partial charge on any atom is 0.241 e. The maximum absolute atomic E-state index is 12.5. The Labute approximate surface area is 155 Å². The van der Waals surface area contributed by atoms with E-state index in [1.165, 1.54) is 17.5 Å². The van der Waals surface area contributed by atoms with Crippen molar-refractivity contribution >= 4 is 21.6 Å². The molecule has 138 valence electrons. The highest BCUT2D eigenvalue weighted by Crippen LogP contribution is 2.25. The molecule has 0 unspecified atom stereocenters. The van der Waals surface area contributed by atoms with Crippen LogP contribution in [0.2, 0.25) is 0 Å². The molecule has 0 radical (unpaired) electrons. The van der Waals surface area contributed by atoms with Crippen LogP contribution in [0, 0.1) is 0 Å². The third-order valence-corrected chi connectivity index (χ3v) is 5.87. The van der Waals surface area contributed by atoms with Gasteiger partial charge >= 0.3 is 0 Å². The topological polar surface area (TPSA) is 66.5 Å². The molecule has 0 saturated carbocycles. The zero-order valence-electron chi connectivity index (χ0n) is 15.1. The fourth-order valence-corrected chi connectivity index (χ4v) is 4.21. The molecule has 1 aliphatic carbocycles. The molecule has 0 saturated heterocycles. The molecule has 2 aromatic rings. The van der Waals surface area contributed by atoms with E-state index in [9.17, 15) is 13.2 Å². The number of sulfonamides is 1. The summed E-state index contributed by atoms with van der Waals surface area (Å²) < 4.78 is 25.3. The lowest BCUT2D eigenvalue weighted by molar-refractivity contribution is -0.120. The Morgan fingerprint density at radius 3 is 2.50 bits per heavy atom. The van der Waals surface area contributed by atoms with Crippen molar-refractivity contribution in [1.82, 2.24) is 5.32 Å². The zero-order valence-corrected chi connectivity index (χ0v) is 15.9. The minimum atomic E-state index is -3.55. The van der Waals surface area contributed by atoms with Crippen molar-refractivity contribution in [2.45, 2.75) is 32.2 Å². The summed E-state index contributed by atoms with van der Waals surface area (Å²) >= 11 is 0. The van der Waals surface area contributed by atoms with E-state index in [0.717, 1.165) is 29.0 Å². The average Bonchev–Trinajstić information content (AvgIpc) is 3.07. The summed E-state index contributed by atoms with van der Waals surface area (Å²) in [4.78, 5) is 12.5. The Hall–Kier alpha value is -2.34. The van der Waals surface area contributed by atoms with E-state index in [0.29, 0.717) is 5.69 Å². The van der Waals surface area contributed by atoms with Crippen molar-refractivity contribution in [3.05, 3.63) is 65.2 Å². The Morgan fingerprint density at radius 2 is 1.81 bits per heavy atom. The average molecular weight is 372 g/mol. The summed E-state index contributed by atoms with van der Waals surface area (Å²) in [5.74, 6) is -0.327. The minimum Gasteiger partial charge on any atom is -0.348 e. The Kier molecular flexibility index (Phi) is 5.32. The van der Waals surface area contributed by atoms with Gasteiger partial charge in [-0.2, -0.15) is 0 Å². The molecule has 0 bridgehead atoms. The number of rotatable bonds is 6. The highest BCUT2D eigenvalue weighted by molar-refractivity contribution is 7.92. The first-order valence-electron chi connectivity index (χ1n) is 8.78. The molecule has 6 heteroatoms. The summed E-state index contributed by atoms with van der Waals surface area (Å²) in [5, 5.41) is 2.91. The van der Waals surface area contributed by atoms with Gasteiger partial charge in [-0.3, -0.25) is 9.10 Å². The number of hydrogen-bond donors (Lipinski definition) is 1. The lowest BCUT2D eigenvalue weighted by atomic mass is 10.0. The van der Waals surface area contributed by atoms with Crippen molar-refractivity contribution in [3.8, 4) is 0 Å². The number of para-hydroxylation sites is 1. The molecule has 3 rings (SSSR count). The van der Waals surface area contributed by atoms with Crippen LogP contribution in [0.3, 0.4) is 0 Å². The second kappa shape index (κ2) is 7.50. The van der Waals surface area contributed by atoms with Crippen LogP contribution in [-0.4, -0.2) is 27.1 Å². The molecular formula is C20H24N2O3S. The van der Waals surface area contributed by atoms with Crippen LogP contribution >= 0.6 is 0 Å². The molecule has 0 heterocycles. The minimum absolute atomic E-state index is 0.175. The first kappa shape index (κ1) is 18.5. The molecule has 5 nitrogen and oxygen atoms in total. The van der Waals surface area contributed by atoms with Crippen LogP contribution in [0.1, 0.15) is 36.1 Å². The lowest BCUT2D eigenvalue weighted by Gasteiger charge is -2.23. The van der Waals surface area contributed by atoms with Crippen molar-refractivity contribution in [2.24, 2.45) is 0 Å². The molecule has 2 aromatic carbocycles. The standard InChI is InChI=1S/C20H24N2O3S/c1-15(17-12-11-16-7-6-8-18(16)13-17)21-20(23)14-22(26(2,24)25)19-9-4-3-5-10-19/h3-5,9-13,15H,6-8,14H2,1-2H3,(H,21,23)/t15-/m0/s1. The molecule has 1 N–H and O–H groups in total. The van der Waals surface area contributed by atoms with Crippen molar-refractivity contribution in [3.63, 3.8) is 0 Å². The van der Waals surface area contributed by atoms with E-state index in [2.05, 4.69) is 17.4 Å². The number of carbonyl (C=O) groups excluding carboxylic acids is 1. The van der Waals surface area contributed by atoms with Crippen LogP contribution in [0.4, 0.5) is 5.69 Å². The number of aryl methyl sites for hydroxylation is 2. The van der Waals surface area contributed by atoms with Gasteiger partial charge in [-0.05, 0) is 55.0 Å². The number of benzene rings is 2. The van der Waals surface area contributed by atoms with Gasteiger partial charge in [0.1, 0.15) is 6.54 Å². The van der Waals surface area contributed by atoms with E-state index < -0.39 is 10.0 Å². The van der Waals surface area contributed by atoms with Gasteiger partial charge in [-0.1, -0.05) is 36.4 Å². The Balaban J connectivity index is 1.70. The van der Waals surface area contributed by atoms with Gasteiger partial charge in [0.2, 0.25) is 15.9 Å². The molecule has 1 atom stereocenters. The van der Waals surface area contributed by atoms with Gasteiger partial charge in [0.05, 0.1) is 18.0 Å². The predicted octanol–water partition coefficient (Wildman–Crippen LogP) is 2.82. The molecule has 1 aliphatic rings. The van der Waals surface area contributed by atoms with Gasteiger partial charge in [0.25, 0.3) is 0 Å². The monoisotopic (exact) mass is 372 g/mol. The molecule has 0 fully saturated rings. The van der Waals surface area contributed by atoms with Crippen LogP contribution in [0.25, 0.3) is 0 Å². The fraction of sp³-hybridized carbons (Fsp3) is 0.350. The molecule has 1 amide bonds. The van der Waals surface area contributed by atoms with Crippen LogP contribution in [0.15, 0.2) is 48.5 Å². The third kappa shape index (κ3) is 4.25. The smallest absolute Gasteiger partial charge is 0.241 e. The first-order valence-corrected chi connectivity index (χ1v) is 10.6. The zero-order chi connectivity index (χ0) is 18.7. The van der Waals surface area contributed by atoms with Crippen molar-refractivity contribution < 1.29 is 13.2 Å². The molecule has 26 heavy (non-hydrogen) atoms. The normalized spacial score (nSPS) is 14.5. The van der Waals surface area contributed by atoms with Gasteiger partial charge in [-0.15, -0.1) is 0 Å². The largest absolute Gasteiger partial charge is 0.348 e. The highest BCUT2D eigenvalue weighted by atomic mass is 32.2. The fourth-order valence-electron chi connectivity index (χ4n) is 3.36. The van der Waals surface area contributed by atoms with Gasteiger partial charge in [-0.25, -0.2) is 8.42 Å². The number of nitrogens with zero attached hydrogens (tertiary/aromatic N) is 1. The van der Waals surface area contributed by atoms with E-state index in [-0.39, 0.29) is 18.5 Å². The second-order valence-corrected chi connectivity index (χ2v) is 8.68. The molecule has 0 spiro atoms. The maximum atomic E-state index is 12.5. The molecular weight excluding hydrogens is 348 g/mol. The van der Waals surface area contributed by atoms with E-state index in [1.54, 1.807) is 30.3 Å².